The molecule has 6 heteroatoms. The van der Waals surface area contributed by atoms with Gasteiger partial charge in [-0.15, -0.1) is 0 Å². The van der Waals surface area contributed by atoms with Gasteiger partial charge >= 0.3 is 12.1 Å². The number of hydrogen-bond donors (Lipinski definition) is 2. The quantitative estimate of drug-likeness (QED) is 0.791. The molecule has 0 aromatic heterocycles. The second-order valence-electron chi connectivity index (χ2n) is 5.48. The summed E-state index contributed by atoms with van der Waals surface area (Å²) in [6.45, 7) is 6.59. The third-order valence-electron chi connectivity index (χ3n) is 2.68. The molecule has 2 N–H and O–H groups in total. The number of amides is 1. The highest BCUT2D eigenvalue weighted by Gasteiger charge is 2.30. The summed E-state index contributed by atoms with van der Waals surface area (Å²) >= 11 is 0. The van der Waals surface area contributed by atoms with Crippen molar-refractivity contribution >= 4 is 12.1 Å². The minimum absolute atomic E-state index is 0.0581. The molecule has 0 unspecified atom stereocenters. The van der Waals surface area contributed by atoms with Crippen LogP contribution in [0.5, 0.6) is 0 Å². The Labute approximate surface area is 107 Å². The van der Waals surface area contributed by atoms with Crippen LogP contribution in [0.4, 0.5) is 4.79 Å². The van der Waals surface area contributed by atoms with Crippen LogP contribution in [0.15, 0.2) is 0 Å². The molecule has 0 radical (unpaired) electrons. The highest BCUT2D eigenvalue weighted by molar-refractivity contribution is 5.77. The molecule has 0 bridgehead atoms. The number of rotatable bonds is 3. The van der Waals surface area contributed by atoms with Gasteiger partial charge in [0.2, 0.25) is 0 Å². The summed E-state index contributed by atoms with van der Waals surface area (Å²) in [5, 5.41) is 12.1. The average Bonchev–Trinajstić information content (AvgIpc) is 2.24. The normalized spacial score (nSPS) is 17.3. The van der Waals surface area contributed by atoms with Crippen molar-refractivity contribution in [2.45, 2.75) is 45.3 Å². The number of aliphatic carboxylic acids is 1. The predicted octanol–water partition coefficient (Wildman–Crippen LogP) is 1.06. The second-order valence-corrected chi connectivity index (χ2v) is 5.48. The monoisotopic (exact) mass is 258 g/mol. The Balaban J connectivity index is 2.70. The molecule has 1 amide bonds. The van der Waals surface area contributed by atoms with Crippen LogP contribution >= 0.6 is 0 Å². The first-order valence-corrected chi connectivity index (χ1v) is 6.22. The van der Waals surface area contributed by atoms with E-state index < -0.39 is 17.7 Å². The lowest BCUT2D eigenvalue weighted by atomic mass is 10.1. The number of carbonyl (C=O) groups is 2. The predicted molar refractivity (Wildman–Crippen MR) is 66.5 cm³/mol. The van der Waals surface area contributed by atoms with Crippen molar-refractivity contribution in [1.29, 1.82) is 0 Å². The SMILES string of the molecule is CC(C)(C)OC(=O)N(CC(=O)O)C1CCNCC1. The van der Waals surface area contributed by atoms with E-state index in [1.807, 2.05) is 0 Å². The fraction of sp³-hybridized carbons (Fsp3) is 0.833. The molecule has 1 aliphatic rings. The molecule has 0 atom stereocenters. The van der Waals surface area contributed by atoms with Crippen LogP contribution in [-0.2, 0) is 9.53 Å². The molecule has 6 nitrogen and oxygen atoms in total. The lowest BCUT2D eigenvalue weighted by molar-refractivity contribution is -0.139. The van der Waals surface area contributed by atoms with Gasteiger partial charge < -0.3 is 15.2 Å². The largest absolute Gasteiger partial charge is 0.480 e. The van der Waals surface area contributed by atoms with Crippen molar-refractivity contribution in [2.24, 2.45) is 0 Å². The van der Waals surface area contributed by atoms with Gasteiger partial charge in [-0.1, -0.05) is 0 Å². The van der Waals surface area contributed by atoms with Gasteiger partial charge in [-0.2, -0.15) is 0 Å². The van der Waals surface area contributed by atoms with Gasteiger partial charge in [-0.25, -0.2) is 4.79 Å². The number of piperidine rings is 1. The maximum Gasteiger partial charge on any atom is 0.411 e. The van der Waals surface area contributed by atoms with Crippen LogP contribution < -0.4 is 5.32 Å². The number of nitrogens with one attached hydrogen (secondary N) is 1. The van der Waals surface area contributed by atoms with Crippen molar-refractivity contribution < 1.29 is 19.4 Å². The highest BCUT2D eigenvalue weighted by atomic mass is 16.6. The van der Waals surface area contributed by atoms with E-state index in [1.54, 1.807) is 20.8 Å². The Morgan fingerprint density at radius 2 is 1.89 bits per heavy atom. The zero-order chi connectivity index (χ0) is 13.8. The van der Waals surface area contributed by atoms with Crippen molar-refractivity contribution in [1.82, 2.24) is 10.2 Å². The summed E-state index contributed by atoms with van der Waals surface area (Å²) in [5.41, 5.74) is -0.610. The molecule has 1 aliphatic heterocycles. The third kappa shape index (κ3) is 4.91. The lowest BCUT2D eigenvalue weighted by Gasteiger charge is -2.34. The molecule has 1 saturated heterocycles. The van der Waals surface area contributed by atoms with E-state index in [2.05, 4.69) is 5.32 Å². The van der Waals surface area contributed by atoms with Gasteiger partial charge in [-0.05, 0) is 46.7 Å². The maximum atomic E-state index is 12.0. The van der Waals surface area contributed by atoms with E-state index in [0.717, 1.165) is 25.9 Å². The number of carboxylic acids is 1. The Hall–Kier alpha value is -1.30. The van der Waals surface area contributed by atoms with Crippen LogP contribution in [0.2, 0.25) is 0 Å². The summed E-state index contributed by atoms with van der Waals surface area (Å²) in [5.74, 6) is -1.01. The maximum absolute atomic E-state index is 12.0. The first-order chi connectivity index (χ1) is 8.29. The Bertz CT molecular complexity index is 306. The van der Waals surface area contributed by atoms with Crippen molar-refractivity contribution in [3.63, 3.8) is 0 Å². The number of ether oxygens (including phenoxy) is 1. The van der Waals surface area contributed by atoms with Gasteiger partial charge in [-0.3, -0.25) is 9.69 Å². The van der Waals surface area contributed by atoms with E-state index in [-0.39, 0.29) is 12.6 Å². The zero-order valence-electron chi connectivity index (χ0n) is 11.2. The Kier molecular flexibility index (Phi) is 4.95. The molecule has 1 heterocycles. The Morgan fingerprint density at radius 1 is 1.33 bits per heavy atom. The van der Waals surface area contributed by atoms with Gasteiger partial charge in [0.05, 0.1) is 0 Å². The summed E-state index contributed by atoms with van der Waals surface area (Å²) in [4.78, 5) is 24.2. The first kappa shape index (κ1) is 14.8. The van der Waals surface area contributed by atoms with Gasteiger partial charge in [0.1, 0.15) is 12.1 Å². The lowest BCUT2D eigenvalue weighted by Crippen LogP contribution is -2.49. The molecule has 0 aromatic rings. The highest BCUT2D eigenvalue weighted by Crippen LogP contribution is 2.16. The molecule has 0 aromatic carbocycles. The molecule has 0 spiro atoms. The standard InChI is InChI=1S/C12H22N2O4/c1-12(2,3)18-11(17)14(8-10(15)16)9-4-6-13-7-5-9/h9,13H,4-8H2,1-3H3,(H,15,16). The summed E-state index contributed by atoms with van der Waals surface area (Å²) in [6.07, 6.45) is 0.968. The minimum atomic E-state index is -1.01. The van der Waals surface area contributed by atoms with E-state index in [0.29, 0.717) is 0 Å². The minimum Gasteiger partial charge on any atom is -0.480 e. The molecule has 1 fully saturated rings. The molecule has 0 saturated carbocycles. The Morgan fingerprint density at radius 3 is 2.33 bits per heavy atom. The number of hydrogen-bond acceptors (Lipinski definition) is 4. The van der Waals surface area contributed by atoms with Gasteiger partial charge in [0.15, 0.2) is 0 Å². The third-order valence-corrected chi connectivity index (χ3v) is 2.68. The molecule has 1 rings (SSSR count). The van der Waals surface area contributed by atoms with Gasteiger partial charge in [0, 0.05) is 6.04 Å². The van der Waals surface area contributed by atoms with Crippen LogP contribution in [0.1, 0.15) is 33.6 Å². The van der Waals surface area contributed by atoms with Crippen LogP contribution in [0, 0.1) is 0 Å². The average molecular weight is 258 g/mol. The van der Waals surface area contributed by atoms with Crippen molar-refractivity contribution in [3.05, 3.63) is 0 Å². The van der Waals surface area contributed by atoms with E-state index in [4.69, 9.17) is 9.84 Å². The molecular weight excluding hydrogens is 236 g/mol. The zero-order valence-corrected chi connectivity index (χ0v) is 11.2. The fourth-order valence-corrected chi connectivity index (χ4v) is 1.93. The van der Waals surface area contributed by atoms with Crippen LogP contribution in [0.25, 0.3) is 0 Å². The van der Waals surface area contributed by atoms with Crippen molar-refractivity contribution in [2.75, 3.05) is 19.6 Å². The number of carboxylic acid groups (broad SMARTS) is 1. The first-order valence-electron chi connectivity index (χ1n) is 6.22. The molecule has 0 aliphatic carbocycles. The topological polar surface area (TPSA) is 78.9 Å². The fourth-order valence-electron chi connectivity index (χ4n) is 1.93. The van der Waals surface area contributed by atoms with Crippen LogP contribution in [0.3, 0.4) is 0 Å². The summed E-state index contributed by atoms with van der Waals surface area (Å²) in [6, 6.07) is -0.0581. The molecule has 104 valence electrons. The second kappa shape index (κ2) is 6.04. The van der Waals surface area contributed by atoms with E-state index in [1.165, 1.54) is 4.90 Å². The smallest absolute Gasteiger partial charge is 0.411 e. The van der Waals surface area contributed by atoms with Gasteiger partial charge in [0.25, 0.3) is 0 Å². The molecular formula is C12H22N2O4. The van der Waals surface area contributed by atoms with Crippen molar-refractivity contribution in [3.8, 4) is 0 Å². The number of nitrogens with zero attached hydrogens (tertiary/aromatic N) is 1. The van der Waals surface area contributed by atoms with Crippen LogP contribution in [-0.4, -0.2) is 53.3 Å². The summed E-state index contributed by atoms with van der Waals surface area (Å²) in [7, 11) is 0. The summed E-state index contributed by atoms with van der Waals surface area (Å²) < 4.78 is 5.26. The number of carbonyl (C=O) groups excluding carboxylic acids is 1. The van der Waals surface area contributed by atoms with E-state index >= 15 is 0 Å². The molecule has 18 heavy (non-hydrogen) atoms. The van der Waals surface area contributed by atoms with E-state index in [9.17, 15) is 9.59 Å².